The van der Waals surface area contributed by atoms with E-state index in [1.165, 1.54) is 28.9 Å². The molecule has 0 amide bonds. The van der Waals surface area contributed by atoms with Gasteiger partial charge in [-0.25, -0.2) is 4.98 Å². The molecule has 1 aromatic carbocycles. The molecule has 0 unspecified atom stereocenters. The van der Waals surface area contributed by atoms with Gasteiger partial charge in [-0.2, -0.15) is 18.3 Å². The third-order valence-corrected chi connectivity index (χ3v) is 4.35. The van der Waals surface area contributed by atoms with E-state index in [4.69, 9.17) is 27.9 Å². The van der Waals surface area contributed by atoms with Crippen molar-refractivity contribution < 1.29 is 17.9 Å². The Morgan fingerprint density at radius 3 is 2.44 bits per heavy atom. The number of aromatic nitrogens is 4. The molecule has 2 aromatic heterocycles. The van der Waals surface area contributed by atoms with Crippen LogP contribution in [-0.2, 0) is 13.2 Å². The molecule has 0 saturated heterocycles. The predicted molar refractivity (Wildman–Crippen MR) is 93.3 cm³/mol. The van der Waals surface area contributed by atoms with Gasteiger partial charge < -0.3 is 9.72 Å². The van der Waals surface area contributed by atoms with Crippen molar-refractivity contribution in [3.05, 3.63) is 56.1 Å². The summed E-state index contributed by atoms with van der Waals surface area (Å²) in [6.07, 6.45) is -4.93. The molecule has 3 rings (SSSR count). The van der Waals surface area contributed by atoms with Gasteiger partial charge in [-0.1, -0.05) is 23.2 Å². The van der Waals surface area contributed by atoms with Crippen molar-refractivity contribution in [1.29, 1.82) is 0 Å². The minimum absolute atomic E-state index is 0.0627. The van der Waals surface area contributed by atoms with Gasteiger partial charge in [0.15, 0.2) is 11.5 Å². The SMILES string of the molecule is Cc1cc(-c2nc(C(F)(F)F)c(Oc3ccc(Cl)c(Cl)c3)c(=O)[nH]2)nn1C. The summed E-state index contributed by atoms with van der Waals surface area (Å²) in [7, 11) is 1.61. The average molecular weight is 419 g/mol. The molecule has 0 aliphatic rings. The number of aryl methyl sites for hydroxylation is 2. The van der Waals surface area contributed by atoms with Crippen LogP contribution in [0.2, 0.25) is 10.0 Å². The quantitative estimate of drug-likeness (QED) is 0.674. The van der Waals surface area contributed by atoms with Crippen LogP contribution in [0.15, 0.2) is 29.1 Å². The van der Waals surface area contributed by atoms with Gasteiger partial charge >= 0.3 is 6.18 Å². The summed E-state index contributed by atoms with van der Waals surface area (Å²) in [5, 5.41) is 4.27. The van der Waals surface area contributed by atoms with E-state index < -0.39 is 23.2 Å². The van der Waals surface area contributed by atoms with E-state index in [1.54, 1.807) is 14.0 Å². The zero-order valence-electron chi connectivity index (χ0n) is 13.9. The van der Waals surface area contributed by atoms with Gasteiger partial charge in [0.2, 0.25) is 5.75 Å². The monoisotopic (exact) mass is 418 g/mol. The number of halogens is 5. The van der Waals surface area contributed by atoms with E-state index in [9.17, 15) is 18.0 Å². The molecule has 0 radical (unpaired) electrons. The molecule has 6 nitrogen and oxygen atoms in total. The molecule has 0 spiro atoms. The fourth-order valence-corrected chi connectivity index (χ4v) is 2.49. The number of nitrogens with zero attached hydrogens (tertiary/aromatic N) is 3. The molecule has 0 aliphatic heterocycles. The highest BCUT2D eigenvalue weighted by Crippen LogP contribution is 2.36. The number of nitrogens with one attached hydrogen (secondary N) is 1. The highest BCUT2D eigenvalue weighted by Gasteiger charge is 2.39. The lowest BCUT2D eigenvalue weighted by atomic mass is 10.3. The lowest BCUT2D eigenvalue weighted by Gasteiger charge is -2.13. The lowest BCUT2D eigenvalue weighted by Crippen LogP contribution is -2.20. The highest BCUT2D eigenvalue weighted by atomic mass is 35.5. The van der Waals surface area contributed by atoms with E-state index in [2.05, 4.69) is 15.1 Å². The van der Waals surface area contributed by atoms with Crippen LogP contribution in [0, 0.1) is 6.92 Å². The van der Waals surface area contributed by atoms with Gasteiger partial charge in [-0.3, -0.25) is 9.48 Å². The van der Waals surface area contributed by atoms with Crippen LogP contribution in [0.1, 0.15) is 11.4 Å². The first-order valence-electron chi connectivity index (χ1n) is 7.41. The summed E-state index contributed by atoms with van der Waals surface area (Å²) >= 11 is 11.6. The van der Waals surface area contributed by atoms with Gasteiger partial charge in [0.1, 0.15) is 11.4 Å². The third kappa shape index (κ3) is 3.93. The minimum Gasteiger partial charge on any atom is -0.449 e. The van der Waals surface area contributed by atoms with Crippen LogP contribution in [-0.4, -0.2) is 19.7 Å². The van der Waals surface area contributed by atoms with Gasteiger partial charge in [0.25, 0.3) is 5.56 Å². The van der Waals surface area contributed by atoms with E-state index in [0.717, 1.165) is 0 Å². The Bertz CT molecular complexity index is 1060. The van der Waals surface area contributed by atoms with Crippen molar-refractivity contribution in [3.8, 4) is 23.0 Å². The normalized spacial score (nSPS) is 11.7. The van der Waals surface area contributed by atoms with Crippen molar-refractivity contribution >= 4 is 23.2 Å². The molecule has 27 heavy (non-hydrogen) atoms. The second-order valence-corrected chi connectivity index (χ2v) is 6.38. The maximum absolute atomic E-state index is 13.5. The Labute approximate surface area is 160 Å². The van der Waals surface area contributed by atoms with E-state index in [0.29, 0.717) is 5.69 Å². The molecule has 0 bridgehead atoms. The Morgan fingerprint density at radius 1 is 1.19 bits per heavy atom. The number of rotatable bonds is 3. The second kappa shape index (κ2) is 6.90. The fourth-order valence-electron chi connectivity index (χ4n) is 2.21. The molecule has 11 heteroatoms. The number of hydrogen-bond acceptors (Lipinski definition) is 4. The number of aromatic amines is 1. The van der Waals surface area contributed by atoms with Gasteiger partial charge in [-0.05, 0) is 25.1 Å². The molecule has 142 valence electrons. The Hall–Kier alpha value is -2.52. The molecular weight excluding hydrogens is 408 g/mol. The summed E-state index contributed by atoms with van der Waals surface area (Å²) in [6.45, 7) is 1.71. The minimum atomic E-state index is -4.93. The van der Waals surface area contributed by atoms with Gasteiger partial charge in [-0.15, -0.1) is 0 Å². The summed E-state index contributed by atoms with van der Waals surface area (Å²) in [4.78, 5) is 18.1. The van der Waals surface area contributed by atoms with Gasteiger partial charge in [0.05, 0.1) is 10.0 Å². The molecular formula is C16H11Cl2F3N4O2. The molecule has 1 N–H and O–H groups in total. The number of H-pyrrole nitrogens is 1. The Kier molecular flexibility index (Phi) is 4.92. The standard InChI is InChI=1S/C16H11Cl2F3N4O2/c1-7-5-11(24-25(7)2)14-22-13(16(19,20)21)12(15(26)23-14)27-8-3-4-9(17)10(18)6-8/h3-6H,1-2H3,(H,22,23,26). The Balaban J connectivity index is 2.13. The van der Waals surface area contributed by atoms with Crippen LogP contribution in [0.5, 0.6) is 11.5 Å². The number of alkyl halides is 3. The third-order valence-electron chi connectivity index (χ3n) is 3.61. The van der Waals surface area contributed by atoms with E-state index in [1.807, 2.05) is 0 Å². The van der Waals surface area contributed by atoms with Crippen molar-refractivity contribution in [2.75, 3.05) is 0 Å². The molecule has 0 atom stereocenters. The fraction of sp³-hybridized carbons (Fsp3) is 0.188. The molecule has 2 heterocycles. The topological polar surface area (TPSA) is 72.8 Å². The first kappa shape index (κ1) is 19.2. The summed E-state index contributed by atoms with van der Waals surface area (Å²) in [6, 6.07) is 5.31. The second-order valence-electron chi connectivity index (χ2n) is 5.56. The summed E-state index contributed by atoms with van der Waals surface area (Å²) in [5.41, 5.74) is -1.81. The lowest BCUT2D eigenvalue weighted by molar-refractivity contribution is -0.142. The van der Waals surface area contributed by atoms with Crippen LogP contribution >= 0.6 is 23.2 Å². The van der Waals surface area contributed by atoms with Crippen LogP contribution in [0.3, 0.4) is 0 Å². The number of ether oxygens (including phenoxy) is 1. The van der Waals surface area contributed by atoms with Crippen LogP contribution in [0.25, 0.3) is 11.5 Å². The molecule has 0 aliphatic carbocycles. The first-order valence-corrected chi connectivity index (χ1v) is 8.17. The smallest absolute Gasteiger partial charge is 0.437 e. The maximum Gasteiger partial charge on any atom is 0.437 e. The average Bonchev–Trinajstić information content (AvgIpc) is 2.90. The van der Waals surface area contributed by atoms with Crippen LogP contribution < -0.4 is 10.3 Å². The van der Waals surface area contributed by atoms with E-state index in [-0.39, 0.29) is 27.3 Å². The number of hydrogen-bond donors (Lipinski definition) is 1. The zero-order valence-corrected chi connectivity index (χ0v) is 15.4. The number of benzene rings is 1. The predicted octanol–water partition coefficient (Wildman–Crippen LogP) is 4.60. The van der Waals surface area contributed by atoms with E-state index >= 15 is 0 Å². The van der Waals surface area contributed by atoms with Crippen molar-refractivity contribution in [2.45, 2.75) is 13.1 Å². The highest BCUT2D eigenvalue weighted by molar-refractivity contribution is 6.42. The van der Waals surface area contributed by atoms with Crippen molar-refractivity contribution in [2.24, 2.45) is 7.05 Å². The van der Waals surface area contributed by atoms with Gasteiger partial charge in [0, 0.05) is 18.8 Å². The molecule has 0 saturated carbocycles. The van der Waals surface area contributed by atoms with Crippen molar-refractivity contribution in [3.63, 3.8) is 0 Å². The zero-order chi connectivity index (χ0) is 19.9. The Morgan fingerprint density at radius 2 is 1.89 bits per heavy atom. The maximum atomic E-state index is 13.5. The largest absolute Gasteiger partial charge is 0.449 e. The van der Waals surface area contributed by atoms with Crippen molar-refractivity contribution in [1.82, 2.24) is 19.7 Å². The summed E-state index contributed by atoms with van der Waals surface area (Å²) in [5.74, 6) is -1.42. The molecule has 0 fully saturated rings. The first-order chi connectivity index (χ1) is 12.6. The molecule has 3 aromatic rings. The van der Waals surface area contributed by atoms with Crippen LogP contribution in [0.4, 0.5) is 13.2 Å². The summed E-state index contributed by atoms with van der Waals surface area (Å²) < 4.78 is 47.0.